The van der Waals surface area contributed by atoms with Crippen LogP contribution in [0.15, 0.2) is 30.3 Å². The fourth-order valence-electron chi connectivity index (χ4n) is 2.95. The number of hydrogen-bond acceptors (Lipinski definition) is 5. The van der Waals surface area contributed by atoms with Crippen molar-refractivity contribution in [2.45, 2.75) is 39.8 Å². The number of aryl methyl sites for hydroxylation is 2. The highest BCUT2D eigenvalue weighted by Crippen LogP contribution is 2.38. The van der Waals surface area contributed by atoms with Crippen LogP contribution in [0.2, 0.25) is 0 Å². The van der Waals surface area contributed by atoms with Gasteiger partial charge in [0, 0.05) is 6.54 Å². The SMILES string of the molecule is CC[C@H](Oc1ccc(C)cc1C)C(=O)NCc1cc(OC)c(OC)c(OC)c1. The third-order valence-corrected chi connectivity index (χ3v) is 4.45. The van der Waals surface area contributed by atoms with E-state index in [1.807, 2.05) is 51.1 Å². The average Bonchev–Trinajstić information content (AvgIpc) is 2.70. The summed E-state index contributed by atoms with van der Waals surface area (Å²) in [7, 11) is 4.67. The largest absolute Gasteiger partial charge is 0.493 e. The normalized spacial score (nSPS) is 11.5. The zero-order valence-corrected chi connectivity index (χ0v) is 17.4. The van der Waals surface area contributed by atoms with Crippen molar-refractivity contribution in [3.8, 4) is 23.0 Å². The summed E-state index contributed by atoms with van der Waals surface area (Å²) in [6.07, 6.45) is -0.00236. The summed E-state index contributed by atoms with van der Waals surface area (Å²) in [5.74, 6) is 2.16. The van der Waals surface area contributed by atoms with E-state index in [-0.39, 0.29) is 5.91 Å². The molecule has 2 aromatic rings. The predicted molar refractivity (Wildman–Crippen MR) is 109 cm³/mol. The molecule has 0 saturated carbocycles. The first-order chi connectivity index (χ1) is 13.4. The van der Waals surface area contributed by atoms with Gasteiger partial charge in [-0.25, -0.2) is 0 Å². The van der Waals surface area contributed by atoms with Crippen molar-refractivity contribution in [1.29, 1.82) is 0 Å². The molecule has 1 atom stereocenters. The molecule has 0 aliphatic heterocycles. The van der Waals surface area contributed by atoms with E-state index in [9.17, 15) is 4.79 Å². The van der Waals surface area contributed by atoms with E-state index in [0.717, 1.165) is 22.4 Å². The molecule has 0 aliphatic rings. The first kappa shape index (κ1) is 21.4. The van der Waals surface area contributed by atoms with Crippen molar-refractivity contribution in [1.82, 2.24) is 5.32 Å². The Balaban J connectivity index is 2.09. The number of carbonyl (C=O) groups excluding carboxylic acids is 1. The zero-order chi connectivity index (χ0) is 20.7. The minimum absolute atomic E-state index is 0.170. The molecule has 2 rings (SSSR count). The molecule has 0 spiro atoms. The van der Waals surface area contributed by atoms with Gasteiger partial charge in [-0.05, 0) is 49.6 Å². The van der Waals surface area contributed by atoms with E-state index in [1.165, 1.54) is 0 Å². The fourth-order valence-corrected chi connectivity index (χ4v) is 2.95. The Hall–Kier alpha value is -2.89. The molecule has 0 aliphatic carbocycles. The van der Waals surface area contributed by atoms with Gasteiger partial charge in [0.25, 0.3) is 5.91 Å². The van der Waals surface area contributed by atoms with Gasteiger partial charge >= 0.3 is 0 Å². The molecular formula is C22H29NO5. The second-order valence-corrected chi connectivity index (χ2v) is 6.54. The van der Waals surface area contributed by atoms with E-state index in [2.05, 4.69) is 5.32 Å². The van der Waals surface area contributed by atoms with Crippen LogP contribution in [0.3, 0.4) is 0 Å². The van der Waals surface area contributed by atoms with Crippen molar-refractivity contribution < 1.29 is 23.7 Å². The Labute approximate surface area is 166 Å². The van der Waals surface area contributed by atoms with E-state index < -0.39 is 6.10 Å². The molecule has 28 heavy (non-hydrogen) atoms. The monoisotopic (exact) mass is 387 g/mol. The topological polar surface area (TPSA) is 66.0 Å². The highest BCUT2D eigenvalue weighted by Gasteiger charge is 2.20. The highest BCUT2D eigenvalue weighted by atomic mass is 16.5. The van der Waals surface area contributed by atoms with Crippen LogP contribution < -0.4 is 24.3 Å². The summed E-state index contributed by atoms with van der Waals surface area (Å²) in [6.45, 7) is 6.25. The van der Waals surface area contributed by atoms with Crippen molar-refractivity contribution >= 4 is 5.91 Å². The maximum Gasteiger partial charge on any atom is 0.261 e. The molecule has 6 nitrogen and oxygen atoms in total. The number of methoxy groups -OCH3 is 3. The van der Waals surface area contributed by atoms with Gasteiger partial charge in [0.1, 0.15) is 5.75 Å². The molecule has 1 amide bonds. The maximum atomic E-state index is 12.6. The van der Waals surface area contributed by atoms with Crippen molar-refractivity contribution in [3.63, 3.8) is 0 Å². The lowest BCUT2D eigenvalue weighted by molar-refractivity contribution is -0.128. The van der Waals surface area contributed by atoms with Crippen molar-refractivity contribution in [2.24, 2.45) is 0 Å². The lowest BCUT2D eigenvalue weighted by atomic mass is 10.1. The van der Waals surface area contributed by atoms with E-state index in [4.69, 9.17) is 18.9 Å². The molecule has 0 unspecified atom stereocenters. The quantitative estimate of drug-likeness (QED) is 0.709. The Bertz CT molecular complexity index is 794. The first-order valence-electron chi connectivity index (χ1n) is 9.23. The van der Waals surface area contributed by atoms with Crippen LogP contribution >= 0.6 is 0 Å². The van der Waals surface area contributed by atoms with Crippen molar-refractivity contribution in [2.75, 3.05) is 21.3 Å². The molecular weight excluding hydrogens is 358 g/mol. The number of amides is 1. The van der Waals surface area contributed by atoms with Gasteiger partial charge < -0.3 is 24.3 Å². The van der Waals surface area contributed by atoms with Crippen LogP contribution in [-0.4, -0.2) is 33.3 Å². The Morgan fingerprint density at radius 3 is 2.11 bits per heavy atom. The second kappa shape index (κ2) is 9.88. The Morgan fingerprint density at radius 2 is 1.61 bits per heavy atom. The van der Waals surface area contributed by atoms with Gasteiger partial charge in [0.05, 0.1) is 21.3 Å². The smallest absolute Gasteiger partial charge is 0.261 e. The third-order valence-electron chi connectivity index (χ3n) is 4.45. The molecule has 2 aromatic carbocycles. The van der Waals surface area contributed by atoms with Crippen molar-refractivity contribution in [3.05, 3.63) is 47.0 Å². The molecule has 0 saturated heterocycles. The number of carbonyl (C=O) groups is 1. The van der Waals surface area contributed by atoms with Gasteiger partial charge in [0.2, 0.25) is 5.75 Å². The van der Waals surface area contributed by atoms with Crippen LogP contribution in [0.4, 0.5) is 0 Å². The molecule has 1 N–H and O–H groups in total. The first-order valence-corrected chi connectivity index (χ1v) is 9.23. The summed E-state index contributed by atoms with van der Waals surface area (Å²) >= 11 is 0. The average molecular weight is 387 g/mol. The van der Waals surface area contributed by atoms with E-state index in [1.54, 1.807) is 21.3 Å². The number of nitrogens with one attached hydrogen (secondary N) is 1. The standard InChI is InChI=1S/C22H29NO5/c1-7-17(28-18-9-8-14(2)10-15(18)3)22(24)23-13-16-11-19(25-4)21(27-6)20(12-16)26-5/h8-12,17H,7,13H2,1-6H3,(H,23,24)/t17-/m0/s1. The maximum absolute atomic E-state index is 12.6. The van der Waals surface area contributed by atoms with Gasteiger partial charge in [-0.3, -0.25) is 4.79 Å². The molecule has 0 bridgehead atoms. The molecule has 0 aromatic heterocycles. The minimum Gasteiger partial charge on any atom is -0.493 e. The molecule has 0 heterocycles. The number of hydrogen-bond donors (Lipinski definition) is 1. The van der Waals surface area contributed by atoms with Crippen LogP contribution in [0.25, 0.3) is 0 Å². The fraction of sp³-hybridized carbons (Fsp3) is 0.409. The van der Waals surface area contributed by atoms with Gasteiger partial charge in [-0.1, -0.05) is 24.6 Å². The molecule has 6 heteroatoms. The number of rotatable bonds is 9. The van der Waals surface area contributed by atoms with Crippen LogP contribution in [0.5, 0.6) is 23.0 Å². The number of benzene rings is 2. The van der Waals surface area contributed by atoms with Crippen LogP contribution in [-0.2, 0) is 11.3 Å². The van der Waals surface area contributed by atoms with Gasteiger partial charge in [-0.15, -0.1) is 0 Å². The minimum atomic E-state index is -0.566. The van der Waals surface area contributed by atoms with Crippen LogP contribution in [0.1, 0.15) is 30.0 Å². The molecule has 152 valence electrons. The van der Waals surface area contributed by atoms with E-state index in [0.29, 0.717) is 30.2 Å². The molecule has 0 radical (unpaired) electrons. The highest BCUT2D eigenvalue weighted by molar-refractivity contribution is 5.81. The summed E-state index contributed by atoms with van der Waals surface area (Å²) in [5.41, 5.74) is 3.00. The van der Waals surface area contributed by atoms with Gasteiger partial charge in [-0.2, -0.15) is 0 Å². The lowest BCUT2D eigenvalue weighted by Gasteiger charge is -2.19. The number of ether oxygens (including phenoxy) is 4. The summed E-state index contributed by atoms with van der Waals surface area (Å²) in [6, 6.07) is 9.54. The van der Waals surface area contributed by atoms with Crippen LogP contribution in [0, 0.1) is 13.8 Å². The Kier molecular flexibility index (Phi) is 7.55. The van der Waals surface area contributed by atoms with E-state index >= 15 is 0 Å². The molecule has 0 fully saturated rings. The van der Waals surface area contributed by atoms with Gasteiger partial charge in [0.15, 0.2) is 17.6 Å². The summed E-state index contributed by atoms with van der Waals surface area (Å²) in [4.78, 5) is 12.6. The predicted octanol–water partition coefficient (Wildman–Crippen LogP) is 3.80. The zero-order valence-electron chi connectivity index (χ0n) is 17.4. The second-order valence-electron chi connectivity index (χ2n) is 6.54. The lowest BCUT2D eigenvalue weighted by Crippen LogP contribution is -2.37. The summed E-state index contributed by atoms with van der Waals surface area (Å²) in [5, 5.41) is 2.93. The Morgan fingerprint density at radius 1 is 0.964 bits per heavy atom. The third kappa shape index (κ3) is 5.09. The summed E-state index contributed by atoms with van der Waals surface area (Å²) < 4.78 is 22.0.